The molecule has 0 aliphatic heterocycles. The average molecular weight is 492 g/mol. The standard InChI is InChI=1S/C23H16F4N2O4S/c1-10-28-15-9-12(8-14(22(15)29-10)23(30)33-2)17-20(26)18(24)16(19(25)21(17)27)11-4-6-13(7-5-11)34(3,31)32/h4-9H,1-3H3,(H,28,29). The number of sulfone groups is 1. The summed E-state index contributed by atoms with van der Waals surface area (Å²) in [5.74, 6) is -7.20. The molecule has 0 bridgehead atoms. The van der Waals surface area contributed by atoms with E-state index in [1.165, 1.54) is 6.07 Å². The molecule has 4 rings (SSSR count). The van der Waals surface area contributed by atoms with Crippen molar-refractivity contribution in [1.29, 1.82) is 0 Å². The van der Waals surface area contributed by atoms with E-state index in [1.807, 2.05) is 0 Å². The molecule has 0 fully saturated rings. The van der Waals surface area contributed by atoms with Crippen LogP contribution in [0, 0.1) is 30.2 Å². The van der Waals surface area contributed by atoms with Crippen molar-refractivity contribution in [3.63, 3.8) is 0 Å². The lowest BCUT2D eigenvalue weighted by molar-refractivity contribution is 0.0603. The van der Waals surface area contributed by atoms with Gasteiger partial charge in [0.1, 0.15) is 11.3 Å². The van der Waals surface area contributed by atoms with Crippen LogP contribution in [0.4, 0.5) is 17.6 Å². The maximum absolute atomic E-state index is 15.1. The summed E-state index contributed by atoms with van der Waals surface area (Å²) in [7, 11) is -2.49. The quantitative estimate of drug-likeness (QED) is 0.247. The zero-order valence-electron chi connectivity index (χ0n) is 18.0. The minimum Gasteiger partial charge on any atom is -0.465 e. The lowest BCUT2D eigenvalue weighted by Crippen LogP contribution is -2.06. The highest BCUT2D eigenvalue weighted by atomic mass is 32.2. The van der Waals surface area contributed by atoms with E-state index in [0.717, 1.165) is 43.7 Å². The van der Waals surface area contributed by atoms with Crippen LogP contribution in [0.2, 0.25) is 0 Å². The number of nitrogens with one attached hydrogen (secondary N) is 1. The van der Waals surface area contributed by atoms with Crippen molar-refractivity contribution in [3.8, 4) is 22.3 Å². The van der Waals surface area contributed by atoms with Gasteiger partial charge in [-0.1, -0.05) is 12.1 Å². The molecule has 0 saturated heterocycles. The van der Waals surface area contributed by atoms with Crippen LogP contribution in [-0.2, 0) is 14.6 Å². The zero-order chi connectivity index (χ0) is 24.9. The summed E-state index contributed by atoms with van der Waals surface area (Å²) >= 11 is 0. The lowest BCUT2D eigenvalue weighted by Gasteiger charge is -2.14. The van der Waals surface area contributed by atoms with E-state index < -0.39 is 50.2 Å². The number of benzene rings is 3. The Hall–Kier alpha value is -3.73. The van der Waals surface area contributed by atoms with Crippen LogP contribution in [0.5, 0.6) is 0 Å². The fourth-order valence-electron chi connectivity index (χ4n) is 3.66. The number of H-pyrrole nitrogens is 1. The molecule has 0 unspecified atom stereocenters. The molecule has 34 heavy (non-hydrogen) atoms. The van der Waals surface area contributed by atoms with Crippen molar-refractivity contribution >= 4 is 26.8 Å². The molecule has 4 aromatic rings. The number of carbonyl (C=O) groups is 1. The molecule has 0 radical (unpaired) electrons. The summed E-state index contributed by atoms with van der Waals surface area (Å²) in [6.45, 7) is 1.59. The largest absolute Gasteiger partial charge is 0.465 e. The Kier molecular flexibility index (Phi) is 5.68. The number of hydrogen-bond donors (Lipinski definition) is 1. The summed E-state index contributed by atoms with van der Waals surface area (Å²) in [6.07, 6.45) is 0.942. The third-order valence-corrected chi connectivity index (χ3v) is 6.36. The number of ether oxygens (including phenoxy) is 1. The number of nitrogens with zero attached hydrogens (tertiary/aromatic N) is 1. The van der Waals surface area contributed by atoms with Crippen LogP contribution >= 0.6 is 0 Å². The van der Waals surface area contributed by atoms with Crippen molar-refractivity contribution < 1.29 is 35.5 Å². The Labute approximate surface area is 191 Å². The number of aromatic amines is 1. The Morgan fingerprint density at radius 3 is 1.94 bits per heavy atom. The van der Waals surface area contributed by atoms with Gasteiger partial charge in [0.15, 0.2) is 33.1 Å². The number of esters is 1. The number of carbonyl (C=O) groups excluding carboxylic acids is 1. The Bertz CT molecular complexity index is 1550. The summed E-state index contributed by atoms with van der Waals surface area (Å²) in [5, 5.41) is 0. The number of imidazole rings is 1. The fourth-order valence-corrected chi connectivity index (χ4v) is 4.29. The van der Waals surface area contributed by atoms with Gasteiger partial charge in [0.25, 0.3) is 0 Å². The van der Waals surface area contributed by atoms with Gasteiger partial charge < -0.3 is 9.72 Å². The predicted octanol–water partition coefficient (Wildman–Crippen LogP) is 4.95. The monoisotopic (exact) mass is 492 g/mol. The molecule has 0 saturated carbocycles. The maximum Gasteiger partial charge on any atom is 0.340 e. The van der Waals surface area contributed by atoms with E-state index in [1.54, 1.807) is 6.92 Å². The fraction of sp³-hybridized carbons (Fsp3) is 0.130. The molecule has 0 amide bonds. The van der Waals surface area contributed by atoms with Gasteiger partial charge in [0.2, 0.25) is 0 Å². The minimum absolute atomic E-state index is 0.131. The molecule has 11 heteroatoms. The molecule has 0 spiro atoms. The van der Waals surface area contributed by atoms with Gasteiger partial charge in [0, 0.05) is 6.26 Å². The molecule has 1 heterocycles. The number of fused-ring (bicyclic) bond motifs is 1. The number of rotatable bonds is 4. The van der Waals surface area contributed by atoms with Crippen LogP contribution in [-0.4, -0.2) is 37.7 Å². The minimum atomic E-state index is -3.59. The average Bonchev–Trinajstić information content (AvgIpc) is 3.17. The highest BCUT2D eigenvalue weighted by Gasteiger charge is 2.29. The second kappa shape index (κ2) is 8.24. The maximum atomic E-state index is 15.1. The van der Waals surface area contributed by atoms with Crippen molar-refractivity contribution in [3.05, 3.63) is 71.1 Å². The predicted molar refractivity (Wildman–Crippen MR) is 116 cm³/mol. The van der Waals surface area contributed by atoms with Gasteiger partial charge in [-0.05, 0) is 42.3 Å². The van der Waals surface area contributed by atoms with E-state index in [0.29, 0.717) is 5.82 Å². The molecule has 0 aliphatic rings. The highest BCUT2D eigenvalue weighted by Crippen LogP contribution is 2.38. The van der Waals surface area contributed by atoms with Gasteiger partial charge in [-0.25, -0.2) is 35.8 Å². The first-order valence-electron chi connectivity index (χ1n) is 9.69. The van der Waals surface area contributed by atoms with Crippen molar-refractivity contribution in [2.24, 2.45) is 0 Å². The van der Waals surface area contributed by atoms with Crippen LogP contribution in [0.15, 0.2) is 41.3 Å². The van der Waals surface area contributed by atoms with Gasteiger partial charge >= 0.3 is 5.97 Å². The number of aryl methyl sites for hydroxylation is 1. The zero-order valence-corrected chi connectivity index (χ0v) is 18.8. The number of methoxy groups -OCH3 is 1. The first-order chi connectivity index (χ1) is 15.9. The molecule has 6 nitrogen and oxygen atoms in total. The van der Waals surface area contributed by atoms with Gasteiger partial charge in [-0.2, -0.15) is 0 Å². The summed E-state index contributed by atoms with van der Waals surface area (Å²) in [5.41, 5.74) is -2.38. The Morgan fingerprint density at radius 1 is 0.912 bits per heavy atom. The summed E-state index contributed by atoms with van der Waals surface area (Å²) < 4.78 is 88.3. The molecule has 0 aliphatic carbocycles. The number of aromatic nitrogens is 2. The Balaban J connectivity index is 1.95. The number of halogens is 4. The van der Waals surface area contributed by atoms with E-state index in [-0.39, 0.29) is 32.6 Å². The van der Waals surface area contributed by atoms with Gasteiger partial charge in [-0.15, -0.1) is 0 Å². The molecule has 3 aromatic carbocycles. The first kappa shape index (κ1) is 23.4. The third-order valence-electron chi connectivity index (χ3n) is 5.23. The second-order valence-electron chi connectivity index (χ2n) is 7.54. The molecule has 0 atom stereocenters. The van der Waals surface area contributed by atoms with Crippen LogP contribution in [0.25, 0.3) is 33.3 Å². The molecule has 1 aromatic heterocycles. The Morgan fingerprint density at radius 2 is 1.44 bits per heavy atom. The molecular formula is C23H16F4N2O4S. The first-order valence-corrected chi connectivity index (χ1v) is 11.6. The van der Waals surface area contributed by atoms with Crippen LogP contribution < -0.4 is 0 Å². The van der Waals surface area contributed by atoms with E-state index >= 15 is 17.6 Å². The molecule has 176 valence electrons. The smallest absolute Gasteiger partial charge is 0.340 e. The van der Waals surface area contributed by atoms with Crippen molar-refractivity contribution in [2.45, 2.75) is 11.8 Å². The SMILES string of the molecule is COC(=O)c1cc(-c2c(F)c(F)c(-c3ccc(S(C)(=O)=O)cc3)c(F)c2F)cc2[nH]c(C)nc12. The third kappa shape index (κ3) is 3.81. The second-order valence-corrected chi connectivity index (χ2v) is 9.55. The highest BCUT2D eigenvalue weighted by molar-refractivity contribution is 7.90. The summed E-state index contributed by atoms with van der Waals surface area (Å²) in [4.78, 5) is 19.0. The normalized spacial score (nSPS) is 11.7. The molecule has 1 N–H and O–H groups in total. The lowest BCUT2D eigenvalue weighted by atomic mass is 9.95. The van der Waals surface area contributed by atoms with Crippen molar-refractivity contribution in [1.82, 2.24) is 9.97 Å². The van der Waals surface area contributed by atoms with Gasteiger partial charge in [0.05, 0.1) is 34.2 Å². The molecular weight excluding hydrogens is 476 g/mol. The van der Waals surface area contributed by atoms with Crippen molar-refractivity contribution in [2.75, 3.05) is 13.4 Å². The number of hydrogen-bond acceptors (Lipinski definition) is 5. The summed E-state index contributed by atoms with van der Waals surface area (Å²) in [6, 6.07) is 6.49. The van der Waals surface area contributed by atoms with Crippen LogP contribution in [0.3, 0.4) is 0 Å². The van der Waals surface area contributed by atoms with E-state index in [2.05, 4.69) is 9.97 Å². The van der Waals surface area contributed by atoms with E-state index in [9.17, 15) is 13.2 Å². The van der Waals surface area contributed by atoms with E-state index in [4.69, 9.17) is 4.74 Å². The van der Waals surface area contributed by atoms with Crippen LogP contribution in [0.1, 0.15) is 16.2 Å². The topological polar surface area (TPSA) is 89.1 Å². The van der Waals surface area contributed by atoms with Gasteiger partial charge in [-0.3, -0.25) is 0 Å².